The topological polar surface area (TPSA) is 81.1 Å². The van der Waals surface area contributed by atoms with E-state index in [2.05, 4.69) is 27.9 Å². The SMILES string of the molecule is CCCc1nnc2n1N[C@@H](c1ccc(OC)c(Cl)c1)[C@H](C(=O)Nc1cc(C)ccc1C)S2. The summed E-state index contributed by atoms with van der Waals surface area (Å²) in [4.78, 5) is 13.5. The Morgan fingerprint density at radius 3 is 2.78 bits per heavy atom. The van der Waals surface area contributed by atoms with Gasteiger partial charge in [-0.1, -0.05) is 48.5 Å². The number of aryl methyl sites for hydroxylation is 3. The number of methoxy groups -OCH3 is 1. The number of aromatic nitrogens is 3. The second-order valence-electron chi connectivity index (χ2n) is 7.83. The average molecular weight is 472 g/mol. The van der Waals surface area contributed by atoms with Crippen molar-refractivity contribution in [3.05, 3.63) is 63.9 Å². The molecule has 3 aromatic rings. The van der Waals surface area contributed by atoms with Crippen LogP contribution >= 0.6 is 23.4 Å². The molecule has 0 spiro atoms. The molecule has 0 saturated heterocycles. The monoisotopic (exact) mass is 471 g/mol. The minimum Gasteiger partial charge on any atom is -0.495 e. The molecule has 0 saturated carbocycles. The van der Waals surface area contributed by atoms with Crippen molar-refractivity contribution in [1.29, 1.82) is 0 Å². The minimum absolute atomic E-state index is 0.112. The molecule has 0 aliphatic carbocycles. The quantitative estimate of drug-likeness (QED) is 0.531. The van der Waals surface area contributed by atoms with Crippen LogP contribution in [-0.4, -0.2) is 33.1 Å². The number of carbonyl (C=O) groups is 1. The first kappa shape index (κ1) is 22.5. The number of hydrogen-bond donors (Lipinski definition) is 2. The van der Waals surface area contributed by atoms with Crippen molar-refractivity contribution in [2.45, 2.75) is 50.1 Å². The van der Waals surface area contributed by atoms with E-state index in [-0.39, 0.29) is 11.9 Å². The van der Waals surface area contributed by atoms with Crippen LogP contribution in [0.3, 0.4) is 0 Å². The maximum atomic E-state index is 13.5. The second kappa shape index (κ2) is 9.42. The van der Waals surface area contributed by atoms with Gasteiger partial charge in [-0.05, 0) is 55.2 Å². The van der Waals surface area contributed by atoms with Gasteiger partial charge in [0.25, 0.3) is 0 Å². The molecule has 4 rings (SSSR count). The highest BCUT2D eigenvalue weighted by Crippen LogP contribution is 2.39. The zero-order valence-corrected chi connectivity index (χ0v) is 20.0. The lowest BCUT2D eigenvalue weighted by atomic mass is 10.0. The molecule has 2 heterocycles. The maximum Gasteiger partial charge on any atom is 0.240 e. The van der Waals surface area contributed by atoms with E-state index in [0.717, 1.165) is 41.0 Å². The highest BCUT2D eigenvalue weighted by Gasteiger charge is 2.38. The number of rotatable bonds is 6. The lowest BCUT2D eigenvalue weighted by Crippen LogP contribution is -2.41. The van der Waals surface area contributed by atoms with Crippen LogP contribution in [0, 0.1) is 13.8 Å². The Balaban J connectivity index is 1.70. The zero-order valence-electron chi connectivity index (χ0n) is 18.5. The van der Waals surface area contributed by atoms with Crippen LogP contribution in [0.4, 0.5) is 5.69 Å². The molecule has 1 amide bonds. The van der Waals surface area contributed by atoms with E-state index in [4.69, 9.17) is 16.3 Å². The number of carbonyl (C=O) groups excluding carboxylic acids is 1. The Kier molecular flexibility index (Phi) is 6.62. The molecule has 32 heavy (non-hydrogen) atoms. The fourth-order valence-electron chi connectivity index (χ4n) is 3.68. The van der Waals surface area contributed by atoms with Crippen molar-refractivity contribution in [1.82, 2.24) is 14.9 Å². The zero-order chi connectivity index (χ0) is 22.8. The van der Waals surface area contributed by atoms with Crippen LogP contribution in [0.25, 0.3) is 0 Å². The fraction of sp³-hybridized carbons (Fsp3) is 0.348. The lowest BCUT2D eigenvalue weighted by molar-refractivity contribution is -0.116. The van der Waals surface area contributed by atoms with E-state index >= 15 is 0 Å². The summed E-state index contributed by atoms with van der Waals surface area (Å²) < 4.78 is 7.19. The van der Waals surface area contributed by atoms with Gasteiger partial charge in [-0.15, -0.1) is 10.2 Å². The first-order valence-corrected chi connectivity index (χ1v) is 11.8. The number of thioether (sulfide) groups is 1. The molecule has 1 aliphatic heterocycles. The summed E-state index contributed by atoms with van der Waals surface area (Å²) in [5.74, 6) is 1.32. The van der Waals surface area contributed by atoms with Gasteiger partial charge in [-0.3, -0.25) is 4.79 Å². The van der Waals surface area contributed by atoms with Gasteiger partial charge < -0.3 is 15.5 Å². The summed E-state index contributed by atoms with van der Waals surface area (Å²) >= 11 is 7.81. The summed E-state index contributed by atoms with van der Waals surface area (Å²) in [7, 11) is 1.58. The smallest absolute Gasteiger partial charge is 0.240 e. The molecule has 2 aromatic carbocycles. The number of benzene rings is 2. The number of fused-ring (bicyclic) bond motifs is 1. The highest BCUT2D eigenvalue weighted by molar-refractivity contribution is 8.00. The van der Waals surface area contributed by atoms with Gasteiger partial charge in [0.1, 0.15) is 11.0 Å². The van der Waals surface area contributed by atoms with Crippen LogP contribution in [-0.2, 0) is 11.2 Å². The number of anilines is 1. The largest absolute Gasteiger partial charge is 0.495 e. The summed E-state index contributed by atoms with van der Waals surface area (Å²) in [6.45, 7) is 6.08. The van der Waals surface area contributed by atoms with E-state index in [1.54, 1.807) is 7.11 Å². The molecule has 1 aromatic heterocycles. The Labute approximate surface area is 196 Å². The molecule has 2 N–H and O–H groups in total. The third kappa shape index (κ3) is 4.42. The Morgan fingerprint density at radius 1 is 1.25 bits per heavy atom. The van der Waals surface area contributed by atoms with E-state index in [9.17, 15) is 4.79 Å². The van der Waals surface area contributed by atoms with Crippen molar-refractivity contribution >= 4 is 35.0 Å². The van der Waals surface area contributed by atoms with Gasteiger partial charge in [0.05, 0.1) is 18.2 Å². The normalized spacial score (nSPS) is 17.4. The van der Waals surface area contributed by atoms with Crippen LogP contribution in [0.2, 0.25) is 5.02 Å². The molecule has 0 unspecified atom stereocenters. The molecule has 0 fully saturated rings. The predicted molar refractivity (Wildman–Crippen MR) is 128 cm³/mol. The molecular weight excluding hydrogens is 446 g/mol. The highest BCUT2D eigenvalue weighted by atomic mass is 35.5. The molecule has 9 heteroatoms. The maximum absolute atomic E-state index is 13.5. The molecule has 0 bridgehead atoms. The Morgan fingerprint density at radius 2 is 2.06 bits per heavy atom. The van der Waals surface area contributed by atoms with Crippen LogP contribution in [0.1, 0.15) is 41.9 Å². The number of ether oxygens (including phenoxy) is 1. The second-order valence-corrected chi connectivity index (χ2v) is 9.35. The number of nitrogens with one attached hydrogen (secondary N) is 2. The number of halogens is 1. The van der Waals surface area contributed by atoms with Gasteiger partial charge >= 0.3 is 0 Å². The molecule has 168 valence electrons. The van der Waals surface area contributed by atoms with Gasteiger partial charge in [0.2, 0.25) is 11.1 Å². The van der Waals surface area contributed by atoms with Crippen molar-refractivity contribution in [3.8, 4) is 5.75 Å². The first-order chi connectivity index (χ1) is 15.4. The number of hydrogen-bond acceptors (Lipinski definition) is 6. The summed E-state index contributed by atoms with van der Waals surface area (Å²) in [5, 5.41) is 12.4. The molecule has 2 atom stereocenters. The van der Waals surface area contributed by atoms with Gasteiger partial charge in [0.15, 0.2) is 5.82 Å². The first-order valence-electron chi connectivity index (χ1n) is 10.5. The van der Waals surface area contributed by atoms with E-state index in [1.807, 2.05) is 54.9 Å². The van der Waals surface area contributed by atoms with Gasteiger partial charge in [-0.25, -0.2) is 4.68 Å². The minimum atomic E-state index is -0.481. The van der Waals surface area contributed by atoms with Crippen molar-refractivity contribution in [2.24, 2.45) is 0 Å². The Bertz CT molecular complexity index is 1150. The van der Waals surface area contributed by atoms with Crippen LogP contribution in [0.5, 0.6) is 5.75 Å². The summed E-state index contributed by atoms with van der Waals surface area (Å²) in [6, 6.07) is 11.3. The standard InChI is InChI=1S/C23H26ClN5O2S/c1-5-6-19-26-27-23-29(19)28-20(15-9-10-18(31-4)16(24)12-15)21(32-23)22(30)25-17-11-13(2)7-8-14(17)3/h7-12,20-21,28H,5-6H2,1-4H3,(H,25,30)/t20-,21+/m0/s1. The predicted octanol–water partition coefficient (Wildman–Crippen LogP) is 4.91. The Hall–Kier alpha value is -2.71. The van der Waals surface area contributed by atoms with Crippen molar-refractivity contribution in [3.63, 3.8) is 0 Å². The lowest BCUT2D eigenvalue weighted by Gasteiger charge is -2.33. The van der Waals surface area contributed by atoms with E-state index in [1.165, 1.54) is 11.8 Å². The molecular formula is C23H26ClN5O2S. The van der Waals surface area contributed by atoms with Crippen molar-refractivity contribution < 1.29 is 9.53 Å². The van der Waals surface area contributed by atoms with Crippen LogP contribution in [0.15, 0.2) is 41.6 Å². The molecule has 0 radical (unpaired) electrons. The third-order valence-electron chi connectivity index (χ3n) is 5.42. The summed E-state index contributed by atoms with van der Waals surface area (Å²) in [5.41, 5.74) is 7.25. The number of amides is 1. The summed E-state index contributed by atoms with van der Waals surface area (Å²) in [6.07, 6.45) is 1.73. The van der Waals surface area contributed by atoms with E-state index in [0.29, 0.717) is 15.9 Å². The average Bonchev–Trinajstić information content (AvgIpc) is 3.17. The van der Waals surface area contributed by atoms with Crippen LogP contribution < -0.4 is 15.5 Å². The van der Waals surface area contributed by atoms with Crippen molar-refractivity contribution in [2.75, 3.05) is 17.9 Å². The molecule has 7 nitrogen and oxygen atoms in total. The van der Waals surface area contributed by atoms with Gasteiger partial charge in [-0.2, -0.15) is 0 Å². The fourth-order valence-corrected chi connectivity index (χ4v) is 5.05. The third-order valence-corrected chi connectivity index (χ3v) is 6.93. The van der Waals surface area contributed by atoms with E-state index < -0.39 is 5.25 Å². The molecule has 1 aliphatic rings. The van der Waals surface area contributed by atoms with Gasteiger partial charge in [0, 0.05) is 12.1 Å². The number of nitrogens with zero attached hydrogens (tertiary/aromatic N) is 3.